The van der Waals surface area contributed by atoms with E-state index >= 15 is 0 Å². The van der Waals surface area contributed by atoms with Crippen molar-refractivity contribution in [3.63, 3.8) is 0 Å². The molecule has 0 unspecified atom stereocenters. The number of carbonyl (C=O) groups is 1. The van der Waals surface area contributed by atoms with E-state index in [-0.39, 0.29) is 5.91 Å². The van der Waals surface area contributed by atoms with Crippen LogP contribution in [0, 0.1) is 18.3 Å². The number of carbonyl (C=O) groups excluding carboxylic acids is 1. The number of hydrogen-bond donors (Lipinski definition) is 1. The van der Waals surface area contributed by atoms with Crippen molar-refractivity contribution in [1.29, 1.82) is 5.26 Å². The third-order valence-electron chi connectivity index (χ3n) is 3.63. The van der Waals surface area contributed by atoms with Crippen LogP contribution in [0.25, 0.3) is 0 Å². The standard InChI is InChI=1S/C14H18N2O2/c1-11-12(6-9-18-11)13(17)16-14(10-15)7-4-2-3-5-8-14/h6,9H,2-5,7-8H2,1H3,(H,16,17). The second-order valence-electron chi connectivity index (χ2n) is 4.95. The van der Waals surface area contributed by atoms with Crippen molar-refractivity contribution in [3.8, 4) is 6.07 Å². The monoisotopic (exact) mass is 246 g/mol. The fraction of sp³-hybridized carbons (Fsp3) is 0.571. The number of nitriles is 1. The number of hydrogen-bond acceptors (Lipinski definition) is 3. The lowest BCUT2D eigenvalue weighted by molar-refractivity contribution is 0.0911. The summed E-state index contributed by atoms with van der Waals surface area (Å²) in [6.07, 6.45) is 7.26. The minimum Gasteiger partial charge on any atom is -0.469 e. The Balaban J connectivity index is 2.13. The van der Waals surface area contributed by atoms with Crippen LogP contribution >= 0.6 is 0 Å². The Kier molecular flexibility index (Phi) is 3.71. The van der Waals surface area contributed by atoms with Crippen LogP contribution in [0.3, 0.4) is 0 Å². The average molecular weight is 246 g/mol. The van der Waals surface area contributed by atoms with E-state index < -0.39 is 5.54 Å². The molecule has 4 heteroatoms. The van der Waals surface area contributed by atoms with Crippen LogP contribution in [-0.4, -0.2) is 11.4 Å². The van der Waals surface area contributed by atoms with E-state index in [9.17, 15) is 10.1 Å². The first-order valence-corrected chi connectivity index (χ1v) is 6.45. The smallest absolute Gasteiger partial charge is 0.256 e. The molecule has 1 heterocycles. The predicted molar refractivity (Wildman–Crippen MR) is 67.0 cm³/mol. The van der Waals surface area contributed by atoms with Gasteiger partial charge in [0.1, 0.15) is 11.3 Å². The van der Waals surface area contributed by atoms with Crippen LogP contribution in [0.15, 0.2) is 16.7 Å². The average Bonchev–Trinajstić information content (AvgIpc) is 2.66. The molecule has 0 aromatic carbocycles. The van der Waals surface area contributed by atoms with Gasteiger partial charge in [0.05, 0.1) is 17.9 Å². The molecule has 1 saturated carbocycles. The molecule has 1 aliphatic rings. The summed E-state index contributed by atoms with van der Waals surface area (Å²) in [5.41, 5.74) is -0.175. The second-order valence-corrected chi connectivity index (χ2v) is 4.95. The highest BCUT2D eigenvalue weighted by molar-refractivity contribution is 5.95. The van der Waals surface area contributed by atoms with E-state index in [4.69, 9.17) is 4.42 Å². The van der Waals surface area contributed by atoms with Crippen LogP contribution in [0.2, 0.25) is 0 Å². The zero-order valence-corrected chi connectivity index (χ0v) is 10.7. The van der Waals surface area contributed by atoms with Gasteiger partial charge < -0.3 is 9.73 Å². The van der Waals surface area contributed by atoms with E-state index in [2.05, 4.69) is 11.4 Å². The third-order valence-corrected chi connectivity index (χ3v) is 3.63. The van der Waals surface area contributed by atoms with E-state index in [1.54, 1.807) is 13.0 Å². The minimum absolute atomic E-state index is 0.204. The topological polar surface area (TPSA) is 66.0 Å². The van der Waals surface area contributed by atoms with E-state index in [0.717, 1.165) is 38.5 Å². The molecule has 1 fully saturated rings. The molecule has 0 radical (unpaired) electrons. The Hall–Kier alpha value is -1.76. The van der Waals surface area contributed by atoms with Gasteiger partial charge in [-0.1, -0.05) is 25.7 Å². The summed E-state index contributed by atoms with van der Waals surface area (Å²) in [6, 6.07) is 3.95. The van der Waals surface area contributed by atoms with Crippen molar-refractivity contribution in [3.05, 3.63) is 23.7 Å². The normalized spacial score (nSPS) is 18.7. The molecule has 1 N–H and O–H groups in total. The molecule has 0 aliphatic heterocycles. The lowest BCUT2D eigenvalue weighted by Gasteiger charge is -2.26. The van der Waals surface area contributed by atoms with E-state index in [1.165, 1.54) is 6.26 Å². The Bertz CT molecular complexity index is 462. The number of rotatable bonds is 2. The molecule has 0 spiro atoms. The Labute approximate surface area is 107 Å². The summed E-state index contributed by atoms with van der Waals surface area (Å²) in [7, 11) is 0. The lowest BCUT2D eigenvalue weighted by atomic mass is 9.91. The van der Waals surface area contributed by atoms with Gasteiger partial charge in [-0.2, -0.15) is 5.26 Å². The van der Waals surface area contributed by atoms with E-state index in [1.807, 2.05) is 0 Å². The van der Waals surface area contributed by atoms with Crippen molar-refractivity contribution in [2.75, 3.05) is 0 Å². The predicted octanol–water partition coefficient (Wildman–Crippen LogP) is 2.93. The molecule has 1 aromatic heterocycles. The highest BCUT2D eigenvalue weighted by atomic mass is 16.3. The third kappa shape index (κ3) is 2.56. The van der Waals surface area contributed by atoms with Gasteiger partial charge in [0.15, 0.2) is 0 Å². The van der Waals surface area contributed by atoms with E-state index in [0.29, 0.717) is 11.3 Å². The zero-order chi connectivity index (χ0) is 13.0. The molecular formula is C14H18N2O2. The SMILES string of the molecule is Cc1occc1C(=O)NC1(C#N)CCCCCC1. The van der Waals surface area contributed by atoms with Gasteiger partial charge in [-0.05, 0) is 25.8 Å². The highest BCUT2D eigenvalue weighted by Crippen LogP contribution is 2.27. The van der Waals surface area contributed by atoms with Crippen molar-refractivity contribution >= 4 is 5.91 Å². The van der Waals surface area contributed by atoms with Crippen LogP contribution in [-0.2, 0) is 0 Å². The molecule has 0 bridgehead atoms. The molecular weight excluding hydrogens is 228 g/mol. The fourth-order valence-corrected chi connectivity index (χ4v) is 2.50. The number of aryl methyl sites for hydroxylation is 1. The minimum atomic E-state index is -0.697. The Morgan fingerprint density at radius 2 is 2.06 bits per heavy atom. The molecule has 1 aliphatic carbocycles. The van der Waals surface area contributed by atoms with Crippen LogP contribution in [0.1, 0.15) is 54.6 Å². The maximum absolute atomic E-state index is 12.1. The molecule has 0 saturated heterocycles. The maximum Gasteiger partial charge on any atom is 0.256 e. The van der Waals surface area contributed by atoms with Crippen LogP contribution < -0.4 is 5.32 Å². The van der Waals surface area contributed by atoms with Crippen molar-refractivity contribution < 1.29 is 9.21 Å². The number of nitrogens with zero attached hydrogens (tertiary/aromatic N) is 1. The summed E-state index contributed by atoms with van der Waals surface area (Å²) >= 11 is 0. The van der Waals surface area contributed by atoms with Crippen molar-refractivity contribution in [2.45, 2.75) is 51.0 Å². The van der Waals surface area contributed by atoms with Crippen molar-refractivity contribution in [1.82, 2.24) is 5.32 Å². The maximum atomic E-state index is 12.1. The summed E-state index contributed by atoms with van der Waals surface area (Å²) < 4.78 is 5.12. The first kappa shape index (κ1) is 12.7. The molecule has 18 heavy (non-hydrogen) atoms. The molecule has 96 valence electrons. The van der Waals surface area contributed by atoms with Gasteiger partial charge >= 0.3 is 0 Å². The largest absolute Gasteiger partial charge is 0.469 e. The molecule has 4 nitrogen and oxygen atoms in total. The number of amides is 1. The Morgan fingerprint density at radius 3 is 2.56 bits per heavy atom. The van der Waals surface area contributed by atoms with Crippen LogP contribution in [0.5, 0.6) is 0 Å². The zero-order valence-electron chi connectivity index (χ0n) is 10.7. The summed E-state index contributed by atoms with van der Waals surface area (Å²) in [4.78, 5) is 12.1. The number of nitrogens with one attached hydrogen (secondary N) is 1. The van der Waals surface area contributed by atoms with Gasteiger partial charge in [0.25, 0.3) is 5.91 Å². The lowest BCUT2D eigenvalue weighted by Crippen LogP contribution is -2.47. The fourth-order valence-electron chi connectivity index (χ4n) is 2.50. The van der Waals surface area contributed by atoms with Crippen LogP contribution in [0.4, 0.5) is 0 Å². The summed E-state index contributed by atoms with van der Waals surface area (Å²) in [6.45, 7) is 1.75. The molecule has 2 rings (SSSR count). The van der Waals surface area contributed by atoms with Crippen molar-refractivity contribution in [2.24, 2.45) is 0 Å². The van der Waals surface area contributed by atoms with Gasteiger partial charge in [-0.3, -0.25) is 4.79 Å². The number of furan rings is 1. The molecule has 1 aromatic rings. The first-order chi connectivity index (χ1) is 8.67. The highest BCUT2D eigenvalue weighted by Gasteiger charge is 2.33. The van der Waals surface area contributed by atoms with Gasteiger partial charge in [0.2, 0.25) is 0 Å². The first-order valence-electron chi connectivity index (χ1n) is 6.45. The second kappa shape index (κ2) is 5.26. The summed E-state index contributed by atoms with van der Waals surface area (Å²) in [5, 5.41) is 12.3. The quantitative estimate of drug-likeness (QED) is 0.816. The summed E-state index contributed by atoms with van der Waals surface area (Å²) in [5.74, 6) is 0.388. The van der Waals surface area contributed by atoms with Gasteiger partial charge in [0, 0.05) is 0 Å². The Morgan fingerprint density at radius 1 is 1.39 bits per heavy atom. The van der Waals surface area contributed by atoms with Gasteiger partial charge in [-0.25, -0.2) is 0 Å². The molecule has 1 amide bonds. The molecule has 0 atom stereocenters. The van der Waals surface area contributed by atoms with Gasteiger partial charge in [-0.15, -0.1) is 0 Å².